The Morgan fingerprint density at radius 1 is 1.08 bits per heavy atom. The summed E-state index contributed by atoms with van der Waals surface area (Å²) < 4.78 is 7.23. The van der Waals surface area contributed by atoms with E-state index in [2.05, 4.69) is 48.3 Å². The van der Waals surface area contributed by atoms with Gasteiger partial charge in [0.1, 0.15) is 5.60 Å². The van der Waals surface area contributed by atoms with Crippen LogP contribution >= 0.6 is 0 Å². The number of allylic oxidation sites excluding steroid dienone is 2. The minimum atomic E-state index is -0.984. The lowest BCUT2D eigenvalue weighted by Gasteiger charge is -2.65. The molecule has 3 heterocycles. The fourth-order valence-corrected chi connectivity index (χ4v) is 9.36. The molecule has 7 heteroatoms. The second-order valence-corrected chi connectivity index (χ2v) is 13.0. The molecule has 9 atom stereocenters. The number of fused-ring (bicyclic) bond motifs is 2. The summed E-state index contributed by atoms with van der Waals surface area (Å²) in [6, 6.07) is 6.40. The van der Waals surface area contributed by atoms with Crippen LogP contribution in [0.4, 0.5) is 0 Å². The maximum absolute atomic E-state index is 12.3. The quantitative estimate of drug-likeness (QED) is 0.513. The van der Waals surface area contributed by atoms with Gasteiger partial charge in [-0.1, -0.05) is 19.1 Å². The summed E-state index contributed by atoms with van der Waals surface area (Å²) in [4.78, 5) is 2.02. The van der Waals surface area contributed by atoms with Crippen LogP contribution < -0.4 is 0 Å². The average Bonchev–Trinajstić information content (AvgIpc) is 3.50. The van der Waals surface area contributed by atoms with Crippen molar-refractivity contribution in [2.45, 2.75) is 93.8 Å². The van der Waals surface area contributed by atoms with Crippen LogP contribution in [0.25, 0.3) is 16.5 Å². The molecule has 2 aromatic rings. The van der Waals surface area contributed by atoms with E-state index < -0.39 is 29.0 Å². The maximum Gasteiger partial charge on any atom is 0.102 e. The van der Waals surface area contributed by atoms with E-state index in [1.165, 1.54) is 11.1 Å². The third-order valence-corrected chi connectivity index (χ3v) is 11.3. The first-order valence-corrected chi connectivity index (χ1v) is 13.6. The Kier molecular flexibility index (Phi) is 4.67. The third kappa shape index (κ3) is 2.68. The molecule has 2 spiro atoms. The van der Waals surface area contributed by atoms with Crippen molar-refractivity contribution in [3.63, 3.8) is 0 Å². The Morgan fingerprint density at radius 3 is 2.67 bits per heavy atom. The van der Waals surface area contributed by atoms with E-state index >= 15 is 0 Å². The molecule has 0 radical (unpaired) electrons. The number of nitrogens with one attached hydrogen (secondary N) is 1. The lowest BCUT2D eigenvalue weighted by atomic mass is 9.51. The molecular weight excluding hydrogens is 454 g/mol. The van der Waals surface area contributed by atoms with Crippen molar-refractivity contribution in [3.05, 3.63) is 35.5 Å². The molecule has 2 aliphatic heterocycles. The first-order valence-electron chi connectivity index (χ1n) is 13.6. The molecule has 36 heavy (non-hydrogen) atoms. The minimum Gasteiger partial charge on any atom is -0.390 e. The van der Waals surface area contributed by atoms with Crippen LogP contribution in [-0.2, 0) is 4.74 Å². The number of likely N-dealkylation sites (N-methyl/N-ethyl adjacent to an activating group) is 1. The molecule has 4 N–H and O–H groups in total. The van der Waals surface area contributed by atoms with E-state index in [0.29, 0.717) is 19.3 Å². The molecule has 2 saturated carbocycles. The van der Waals surface area contributed by atoms with Crippen molar-refractivity contribution in [1.82, 2.24) is 15.1 Å². The van der Waals surface area contributed by atoms with Gasteiger partial charge in [0.05, 0.1) is 28.9 Å². The highest BCUT2D eigenvalue weighted by Crippen LogP contribution is 2.71. The van der Waals surface area contributed by atoms with Crippen LogP contribution in [0.5, 0.6) is 0 Å². The highest BCUT2D eigenvalue weighted by atomic mass is 16.6. The predicted octanol–water partition coefficient (Wildman–Crippen LogP) is 3.17. The largest absolute Gasteiger partial charge is 0.390 e. The monoisotopic (exact) mass is 493 g/mol. The summed E-state index contributed by atoms with van der Waals surface area (Å²) in [5.41, 5.74) is 2.48. The van der Waals surface area contributed by atoms with Crippen molar-refractivity contribution >= 4 is 16.5 Å². The van der Waals surface area contributed by atoms with Crippen LogP contribution in [0.15, 0.2) is 24.3 Å². The first-order chi connectivity index (χ1) is 17.0. The third-order valence-electron chi connectivity index (χ3n) is 11.3. The summed E-state index contributed by atoms with van der Waals surface area (Å²) in [5.74, 6) is -0.0593. The number of aliphatic hydroxyl groups is 3. The number of ether oxygens (including phenoxy) is 1. The number of aromatic amines is 1. The molecule has 5 aliphatic rings. The molecule has 2 bridgehead atoms. The highest BCUT2D eigenvalue weighted by molar-refractivity contribution is 5.86. The van der Waals surface area contributed by atoms with E-state index in [9.17, 15) is 15.3 Å². The van der Waals surface area contributed by atoms with Crippen LogP contribution in [0.2, 0.25) is 0 Å². The van der Waals surface area contributed by atoms with Crippen LogP contribution in [-0.4, -0.2) is 79.6 Å². The fraction of sp³-hybridized carbons (Fsp3) is 0.690. The van der Waals surface area contributed by atoms with Crippen molar-refractivity contribution in [3.8, 4) is 0 Å². The summed E-state index contributed by atoms with van der Waals surface area (Å²) in [6.07, 6.45) is 5.94. The molecule has 194 valence electrons. The van der Waals surface area contributed by atoms with Gasteiger partial charge >= 0.3 is 0 Å². The molecule has 7 rings (SSSR count). The molecule has 0 amide bonds. The lowest BCUT2D eigenvalue weighted by molar-refractivity contribution is -0.331. The van der Waals surface area contributed by atoms with E-state index in [4.69, 9.17) is 4.74 Å². The Bertz CT molecular complexity index is 1270. The van der Waals surface area contributed by atoms with Gasteiger partial charge in [0.2, 0.25) is 0 Å². The van der Waals surface area contributed by atoms with Gasteiger partial charge in [-0.3, -0.25) is 5.10 Å². The highest BCUT2D eigenvalue weighted by Gasteiger charge is 2.76. The van der Waals surface area contributed by atoms with Gasteiger partial charge < -0.3 is 25.0 Å². The van der Waals surface area contributed by atoms with Crippen molar-refractivity contribution in [2.24, 2.45) is 17.3 Å². The Labute approximate surface area is 212 Å². The Hall–Kier alpha value is -1.77. The van der Waals surface area contributed by atoms with Crippen LogP contribution in [0.3, 0.4) is 0 Å². The first kappa shape index (κ1) is 23.4. The maximum atomic E-state index is 12.3. The van der Waals surface area contributed by atoms with E-state index in [1.807, 2.05) is 19.0 Å². The number of aryl methyl sites for hydroxylation is 1. The number of hydrogen-bond acceptors (Lipinski definition) is 6. The van der Waals surface area contributed by atoms with E-state index in [-0.39, 0.29) is 23.3 Å². The van der Waals surface area contributed by atoms with E-state index in [0.717, 1.165) is 42.3 Å². The van der Waals surface area contributed by atoms with Crippen molar-refractivity contribution in [2.75, 3.05) is 14.1 Å². The standard InChI is InChI=1S/C29H39N3O4/c1-16-18-13-17(5-7-21(18)31-30-16)19-6-8-23-26(19,2)9-11-28(35)14-20-24(33)25(34)22(32(3)4)15-27(20)10-12-29(23,28)36-27/h5-7,13,20,22-25,33-35H,8-12,14-15H2,1-4H3,(H,30,31). The number of hydrogen-bond donors (Lipinski definition) is 4. The SMILES string of the molecule is Cc1[nH]nc2ccc(C3=CCC4C3(C)CCC3(O)CC5C(O)C(O)C(N(C)C)CC56CCC43O6)cc12. The van der Waals surface area contributed by atoms with Crippen LogP contribution in [0, 0.1) is 24.2 Å². The topological polar surface area (TPSA) is 102 Å². The summed E-state index contributed by atoms with van der Waals surface area (Å²) in [7, 11) is 3.93. The number of nitrogens with zero attached hydrogens (tertiary/aromatic N) is 2. The zero-order valence-corrected chi connectivity index (χ0v) is 21.8. The molecule has 9 unspecified atom stereocenters. The number of aromatic nitrogens is 2. The van der Waals surface area contributed by atoms with Gasteiger partial charge in [-0.15, -0.1) is 0 Å². The fourth-order valence-electron chi connectivity index (χ4n) is 9.36. The van der Waals surface area contributed by atoms with Gasteiger partial charge in [-0.2, -0.15) is 5.10 Å². The molecular formula is C29H39N3O4. The average molecular weight is 494 g/mol. The zero-order valence-electron chi connectivity index (χ0n) is 21.8. The predicted molar refractivity (Wildman–Crippen MR) is 137 cm³/mol. The number of rotatable bonds is 2. The summed E-state index contributed by atoms with van der Waals surface area (Å²) in [6.45, 7) is 4.44. The number of aliphatic hydroxyl groups excluding tert-OH is 2. The molecule has 4 fully saturated rings. The van der Waals surface area contributed by atoms with Gasteiger partial charge in [0, 0.05) is 29.0 Å². The normalized spacial score (nSPS) is 47.6. The second kappa shape index (κ2) is 7.20. The lowest BCUT2D eigenvalue weighted by Crippen LogP contribution is -2.73. The number of H-pyrrole nitrogens is 1. The second-order valence-electron chi connectivity index (χ2n) is 13.0. The molecule has 2 saturated heterocycles. The van der Waals surface area contributed by atoms with Gasteiger partial charge in [0.15, 0.2) is 0 Å². The number of benzene rings is 1. The molecule has 1 aromatic heterocycles. The summed E-state index contributed by atoms with van der Waals surface area (Å²) in [5, 5.41) is 43.1. The minimum absolute atomic E-state index is 0.0936. The molecule has 1 aromatic carbocycles. The summed E-state index contributed by atoms with van der Waals surface area (Å²) >= 11 is 0. The van der Waals surface area contributed by atoms with Gasteiger partial charge in [-0.05, 0) is 94.6 Å². The van der Waals surface area contributed by atoms with Crippen LogP contribution in [0.1, 0.15) is 63.1 Å². The van der Waals surface area contributed by atoms with Crippen molar-refractivity contribution in [1.29, 1.82) is 0 Å². The Balaban J connectivity index is 1.28. The molecule has 7 nitrogen and oxygen atoms in total. The smallest absolute Gasteiger partial charge is 0.102 e. The zero-order chi connectivity index (χ0) is 25.3. The van der Waals surface area contributed by atoms with E-state index in [1.54, 1.807) is 0 Å². The van der Waals surface area contributed by atoms with Crippen molar-refractivity contribution < 1.29 is 20.1 Å². The van der Waals surface area contributed by atoms with Gasteiger partial charge in [0.25, 0.3) is 0 Å². The Morgan fingerprint density at radius 2 is 1.89 bits per heavy atom. The molecule has 3 aliphatic carbocycles. The van der Waals surface area contributed by atoms with Gasteiger partial charge in [-0.25, -0.2) is 0 Å².